The predicted molar refractivity (Wildman–Crippen MR) is 126 cm³/mol. The summed E-state index contributed by atoms with van der Waals surface area (Å²) in [7, 11) is 1.56. The number of hydrogen-bond acceptors (Lipinski definition) is 5. The Balaban J connectivity index is 2.19. The van der Waals surface area contributed by atoms with Crippen molar-refractivity contribution in [1.82, 2.24) is 9.80 Å². The van der Waals surface area contributed by atoms with Gasteiger partial charge in [-0.3, -0.25) is 9.59 Å². The average molecular weight is 437 g/mol. The summed E-state index contributed by atoms with van der Waals surface area (Å²) >= 11 is 0. The van der Waals surface area contributed by atoms with Crippen LogP contribution in [0.3, 0.4) is 0 Å². The van der Waals surface area contributed by atoms with Gasteiger partial charge in [-0.2, -0.15) is 0 Å². The van der Waals surface area contributed by atoms with Gasteiger partial charge in [-0.1, -0.05) is 49.7 Å². The molecule has 170 valence electrons. The van der Waals surface area contributed by atoms with Crippen molar-refractivity contribution in [2.75, 3.05) is 33.3 Å². The first-order valence-corrected chi connectivity index (χ1v) is 11.0. The minimum atomic E-state index is -0.721. The highest BCUT2D eigenvalue weighted by molar-refractivity contribution is 6.46. The Hall–Kier alpha value is -3.12. The Bertz CT molecular complexity index is 1040. The molecule has 6 nitrogen and oxygen atoms in total. The number of aliphatic hydroxyl groups excluding tert-OH is 1. The van der Waals surface area contributed by atoms with Crippen LogP contribution in [0.1, 0.15) is 42.1 Å². The molecule has 2 aromatic carbocycles. The van der Waals surface area contributed by atoms with E-state index < -0.39 is 17.7 Å². The summed E-state index contributed by atoms with van der Waals surface area (Å²) in [6.07, 6.45) is 0. The second-order valence-corrected chi connectivity index (χ2v) is 8.08. The second-order valence-electron chi connectivity index (χ2n) is 8.08. The van der Waals surface area contributed by atoms with Gasteiger partial charge in [-0.05, 0) is 44.6 Å². The molecule has 0 saturated carbocycles. The van der Waals surface area contributed by atoms with Crippen LogP contribution in [0.2, 0.25) is 0 Å². The SMILES string of the molecule is CCN(CC)CCN1C(=O)C(=O)/C(=C(/O)c2cc(C)ccc2C)C1c1ccccc1OC. The molecule has 1 N–H and O–H groups in total. The van der Waals surface area contributed by atoms with Crippen LogP contribution in [0.4, 0.5) is 0 Å². The van der Waals surface area contributed by atoms with Crippen molar-refractivity contribution in [3.8, 4) is 5.75 Å². The van der Waals surface area contributed by atoms with E-state index in [-0.39, 0.29) is 11.3 Å². The smallest absolute Gasteiger partial charge is 0.295 e. The molecule has 32 heavy (non-hydrogen) atoms. The van der Waals surface area contributed by atoms with Gasteiger partial charge in [0.25, 0.3) is 11.7 Å². The topological polar surface area (TPSA) is 70.1 Å². The molecule has 0 spiro atoms. The minimum absolute atomic E-state index is 0.104. The maximum absolute atomic E-state index is 13.2. The lowest BCUT2D eigenvalue weighted by Crippen LogP contribution is -2.38. The number of likely N-dealkylation sites (tertiary alicyclic amines) is 1. The van der Waals surface area contributed by atoms with E-state index in [2.05, 4.69) is 18.7 Å². The summed E-state index contributed by atoms with van der Waals surface area (Å²) in [4.78, 5) is 30.1. The molecule has 0 aliphatic carbocycles. The van der Waals surface area contributed by atoms with Crippen LogP contribution in [0, 0.1) is 13.8 Å². The summed E-state index contributed by atoms with van der Waals surface area (Å²) in [5.74, 6) is -0.844. The maximum atomic E-state index is 13.2. The number of rotatable bonds is 8. The molecule has 2 aromatic rings. The molecule has 0 aromatic heterocycles. The maximum Gasteiger partial charge on any atom is 0.295 e. The van der Waals surface area contributed by atoms with Crippen molar-refractivity contribution in [3.63, 3.8) is 0 Å². The van der Waals surface area contributed by atoms with E-state index in [9.17, 15) is 14.7 Å². The first kappa shape index (κ1) is 23.5. The third-order valence-electron chi connectivity index (χ3n) is 6.17. The lowest BCUT2D eigenvalue weighted by Gasteiger charge is -2.29. The summed E-state index contributed by atoms with van der Waals surface area (Å²) in [6, 6.07) is 12.3. The number of aryl methyl sites for hydroxylation is 2. The Morgan fingerprint density at radius 2 is 1.78 bits per heavy atom. The summed E-state index contributed by atoms with van der Waals surface area (Å²) in [6.45, 7) is 10.6. The molecule has 0 bridgehead atoms. The minimum Gasteiger partial charge on any atom is -0.507 e. The first-order chi connectivity index (χ1) is 15.3. The zero-order valence-corrected chi connectivity index (χ0v) is 19.5. The van der Waals surface area contributed by atoms with Crippen LogP contribution < -0.4 is 4.74 Å². The number of nitrogens with zero attached hydrogens (tertiary/aromatic N) is 2. The van der Waals surface area contributed by atoms with E-state index in [4.69, 9.17) is 4.74 Å². The third-order valence-corrected chi connectivity index (χ3v) is 6.17. The van der Waals surface area contributed by atoms with Crippen LogP contribution in [0.5, 0.6) is 5.75 Å². The van der Waals surface area contributed by atoms with Gasteiger partial charge in [0, 0.05) is 24.2 Å². The van der Waals surface area contributed by atoms with E-state index in [0.29, 0.717) is 30.0 Å². The van der Waals surface area contributed by atoms with Gasteiger partial charge in [0.2, 0.25) is 0 Å². The lowest BCUT2D eigenvalue weighted by atomic mass is 9.93. The standard InChI is InChI=1S/C26H32N2O4/c1-6-27(7-2)14-15-28-23(19-10-8-9-11-21(19)32-5)22(25(30)26(28)31)24(29)20-16-17(3)12-13-18(20)4/h8-13,16,23,29H,6-7,14-15H2,1-5H3/b24-22+. The van der Waals surface area contributed by atoms with Gasteiger partial charge in [-0.25, -0.2) is 0 Å². The van der Waals surface area contributed by atoms with Crippen molar-refractivity contribution in [3.05, 3.63) is 70.3 Å². The number of ether oxygens (including phenoxy) is 1. The first-order valence-electron chi connectivity index (χ1n) is 11.0. The molecule has 1 heterocycles. The fraction of sp³-hybridized carbons (Fsp3) is 0.385. The Morgan fingerprint density at radius 1 is 1.09 bits per heavy atom. The number of methoxy groups -OCH3 is 1. The van der Waals surface area contributed by atoms with E-state index in [1.165, 1.54) is 0 Å². The Morgan fingerprint density at radius 3 is 2.44 bits per heavy atom. The van der Waals surface area contributed by atoms with Gasteiger partial charge in [0.05, 0.1) is 18.7 Å². The highest BCUT2D eigenvalue weighted by Crippen LogP contribution is 2.42. The van der Waals surface area contributed by atoms with Gasteiger partial charge in [0.15, 0.2) is 0 Å². The molecular weight excluding hydrogens is 404 g/mol. The second kappa shape index (κ2) is 10.0. The summed E-state index contributed by atoms with van der Waals surface area (Å²) in [5.41, 5.74) is 3.14. The zero-order chi connectivity index (χ0) is 23.4. The molecular formula is C26H32N2O4. The molecule has 1 fully saturated rings. The van der Waals surface area contributed by atoms with Crippen molar-refractivity contribution in [2.45, 2.75) is 33.7 Å². The molecule has 1 aliphatic rings. The summed E-state index contributed by atoms with van der Waals surface area (Å²) < 4.78 is 5.56. The van der Waals surface area contributed by atoms with Gasteiger partial charge >= 0.3 is 0 Å². The van der Waals surface area contributed by atoms with E-state index >= 15 is 0 Å². The number of ketones is 1. The zero-order valence-electron chi connectivity index (χ0n) is 19.5. The van der Waals surface area contributed by atoms with Crippen molar-refractivity contribution < 1.29 is 19.4 Å². The number of amides is 1. The van der Waals surface area contributed by atoms with E-state index in [0.717, 1.165) is 24.2 Å². The molecule has 1 saturated heterocycles. The van der Waals surface area contributed by atoms with Gasteiger partial charge in [0.1, 0.15) is 11.5 Å². The molecule has 1 aliphatic heterocycles. The monoisotopic (exact) mass is 436 g/mol. The largest absolute Gasteiger partial charge is 0.507 e. The van der Waals surface area contributed by atoms with Crippen molar-refractivity contribution >= 4 is 17.4 Å². The summed E-state index contributed by atoms with van der Waals surface area (Å²) in [5, 5.41) is 11.3. The molecule has 1 amide bonds. The van der Waals surface area contributed by atoms with Crippen molar-refractivity contribution in [1.29, 1.82) is 0 Å². The highest BCUT2D eigenvalue weighted by Gasteiger charge is 2.47. The van der Waals surface area contributed by atoms with E-state index in [1.54, 1.807) is 18.1 Å². The predicted octanol–water partition coefficient (Wildman–Crippen LogP) is 4.08. The molecule has 1 atom stereocenters. The highest BCUT2D eigenvalue weighted by atomic mass is 16.5. The third kappa shape index (κ3) is 4.41. The number of carbonyl (C=O) groups is 2. The normalized spacial score (nSPS) is 17.9. The molecule has 6 heteroatoms. The number of Topliss-reactive ketones (excluding diaryl/α,β-unsaturated/α-hetero) is 1. The number of hydrogen-bond donors (Lipinski definition) is 1. The van der Waals surface area contributed by atoms with E-state index in [1.807, 2.05) is 50.2 Å². The number of benzene rings is 2. The lowest BCUT2D eigenvalue weighted by molar-refractivity contribution is -0.140. The molecule has 1 unspecified atom stereocenters. The van der Waals surface area contributed by atoms with Crippen LogP contribution in [0.25, 0.3) is 5.76 Å². The van der Waals surface area contributed by atoms with Crippen LogP contribution in [-0.2, 0) is 9.59 Å². The van der Waals surface area contributed by atoms with Crippen LogP contribution in [0.15, 0.2) is 48.0 Å². The Labute approximate surface area is 190 Å². The molecule has 0 radical (unpaired) electrons. The fourth-order valence-electron chi connectivity index (χ4n) is 4.25. The van der Waals surface area contributed by atoms with Crippen molar-refractivity contribution in [2.24, 2.45) is 0 Å². The fourth-order valence-corrected chi connectivity index (χ4v) is 4.25. The number of aliphatic hydroxyl groups is 1. The Kier molecular flexibility index (Phi) is 7.36. The number of para-hydroxylation sites is 1. The molecule has 3 rings (SSSR count). The van der Waals surface area contributed by atoms with Crippen LogP contribution in [-0.4, -0.2) is 59.9 Å². The van der Waals surface area contributed by atoms with Crippen LogP contribution >= 0.6 is 0 Å². The van der Waals surface area contributed by atoms with Gasteiger partial charge in [-0.15, -0.1) is 0 Å². The van der Waals surface area contributed by atoms with Gasteiger partial charge < -0.3 is 19.6 Å². The average Bonchev–Trinajstić information content (AvgIpc) is 3.05. The number of carbonyl (C=O) groups excluding carboxylic acids is 2. The number of likely N-dealkylation sites (N-methyl/N-ethyl adjacent to an activating group) is 1. The quantitative estimate of drug-likeness (QED) is 0.384.